The van der Waals surface area contributed by atoms with Gasteiger partial charge >= 0.3 is 0 Å². The van der Waals surface area contributed by atoms with Gasteiger partial charge in [0, 0.05) is 22.8 Å². The number of nitrogens with two attached hydrogens (primary N) is 1. The van der Waals surface area contributed by atoms with E-state index in [2.05, 4.69) is 18.0 Å². The third-order valence-electron chi connectivity index (χ3n) is 3.61. The fourth-order valence-electron chi connectivity index (χ4n) is 2.52. The smallest absolute Gasteiger partial charge is 0.0755 e. The van der Waals surface area contributed by atoms with Crippen molar-refractivity contribution < 1.29 is 0 Å². The zero-order chi connectivity index (χ0) is 14.3. The molecule has 3 rings (SSSR count). The van der Waals surface area contributed by atoms with Crippen LogP contribution >= 0.6 is 0 Å². The summed E-state index contributed by atoms with van der Waals surface area (Å²) in [6, 6.07) is 10.1. The number of aromatic nitrogens is 2. The Morgan fingerprint density at radius 3 is 2.50 bits per heavy atom. The molecule has 0 radical (unpaired) electrons. The lowest BCUT2D eigenvalue weighted by molar-refractivity contribution is 1.21. The molecule has 0 amide bonds. The summed E-state index contributed by atoms with van der Waals surface area (Å²) >= 11 is 0. The van der Waals surface area contributed by atoms with Gasteiger partial charge in [0.15, 0.2) is 0 Å². The summed E-state index contributed by atoms with van der Waals surface area (Å²) in [4.78, 5) is 9.19. The molecule has 2 heterocycles. The van der Waals surface area contributed by atoms with Gasteiger partial charge in [-0.15, -0.1) is 0 Å². The molecule has 3 heteroatoms. The normalized spacial score (nSPS) is 10.9. The van der Waals surface area contributed by atoms with Crippen molar-refractivity contribution in [3.8, 4) is 11.3 Å². The Morgan fingerprint density at radius 1 is 1.00 bits per heavy atom. The van der Waals surface area contributed by atoms with Crippen LogP contribution in [0.5, 0.6) is 0 Å². The molecule has 3 aromatic rings. The third kappa shape index (κ3) is 1.92. The van der Waals surface area contributed by atoms with Crippen LogP contribution in [-0.4, -0.2) is 9.97 Å². The first-order chi connectivity index (χ1) is 9.58. The lowest BCUT2D eigenvalue weighted by atomic mass is 10.0. The fourth-order valence-corrected chi connectivity index (χ4v) is 2.52. The molecule has 0 atom stereocenters. The van der Waals surface area contributed by atoms with E-state index in [1.165, 1.54) is 0 Å². The van der Waals surface area contributed by atoms with Crippen LogP contribution in [0.15, 0.2) is 36.5 Å². The molecule has 20 heavy (non-hydrogen) atoms. The minimum absolute atomic E-state index is 0.757. The van der Waals surface area contributed by atoms with Gasteiger partial charge in [0.2, 0.25) is 0 Å². The first-order valence-corrected chi connectivity index (χ1v) is 6.66. The number of hydrogen-bond donors (Lipinski definition) is 1. The number of hydrogen-bond acceptors (Lipinski definition) is 3. The summed E-state index contributed by atoms with van der Waals surface area (Å²) in [5.41, 5.74) is 13.1. The number of aryl methyl sites for hydroxylation is 3. The van der Waals surface area contributed by atoms with Crippen molar-refractivity contribution in [2.24, 2.45) is 0 Å². The predicted molar refractivity (Wildman–Crippen MR) is 83.6 cm³/mol. The summed E-state index contributed by atoms with van der Waals surface area (Å²) in [5.74, 6) is 0. The first kappa shape index (κ1) is 12.6. The molecule has 0 aliphatic carbocycles. The Morgan fingerprint density at radius 2 is 1.80 bits per heavy atom. The first-order valence-electron chi connectivity index (χ1n) is 6.66. The average molecular weight is 263 g/mol. The molecular formula is C17H17N3. The molecule has 0 spiro atoms. The van der Waals surface area contributed by atoms with Crippen molar-refractivity contribution in [2.75, 3.05) is 5.73 Å². The highest BCUT2D eigenvalue weighted by molar-refractivity contribution is 5.99. The summed E-state index contributed by atoms with van der Waals surface area (Å²) in [7, 11) is 0. The maximum atomic E-state index is 6.38. The van der Waals surface area contributed by atoms with E-state index in [1.807, 2.05) is 44.3 Å². The van der Waals surface area contributed by atoms with Gasteiger partial charge in [-0.25, -0.2) is 0 Å². The Kier molecular flexibility index (Phi) is 2.90. The largest absolute Gasteiger partial charge is 0.398 e. The lowest BCUT2D eigenvalue weighted by Gasteiger charge is -2.13. The fraction of sp³-hybridized carbons (Fsp3) is 0.176. The Bertz CT molecular complexity index is 789. The summed E-state index contributed by atoms with van der Waals surface area (Å²) in [5, 5.41) is 0.993. The molecule has 0 saturated heterocycles. The van der Waals surface area contributed by atoms with Crippen LogP contribution in [0.25, 0.3) is 22.2 Å². The molecular weight excluding hydrogens is 246 g/mol. The molecule has 0 bridgehead atoms. The highest BCUT2D eigenvalue weighted by atomic mass is 14.8. The lowest BCUT2D eigenvalue weighted by Crippen LogP contribution is -2.00. The predicted octanol–water partition coefficient (Wildman–Crippen LogP) is 3.80. The SMILES string of the molecule is Cc1ccc(-c2c(C)nc3c(C)cccc3c2N)nc1. The zero-order valence-corrected chi connectivity index (χ0v) is 11.9. The van der Waals surface area contributed by atoms with Gasteiger partial charge in [-0.1, -0.05) is 24.3 Å². The van der Waals surface area contributed by atoms with Gasteiger partial charge in [-0.3, -0.25) is 9.97 Å². The molecule has 0 saturated carbocycles. The van der Waals surface area contributed by atoms with Crippen molar-refractivity contribution in [3.05, 3.63) is 53.3 Å². The number of fused-ring (bicyclic) bond motifs is 1. The van der Waals surface area contributed by atoms with Crippen LogP contribution in [-0.2, 0) is 0 Å². The number of pyridine rings is 2. The summed E-state index contributed by atoms with van der Waals surface area (Å²) in [6.07, 6.45) is 1.86. The van der Waals surface area contributed by atoms with E-state index < -0.39 is 0 Å². The van der Waals surface area contributed by atoms with E-state index in [-0.39, 0.29) is 0 Å². The van der Waals surface area contributed by atoms with E-state index in [4.69, 9.17) is 10.7 Å². The van der Waals surface area contributed by atoms with E-state index in [9.17, 15) is 0 Å². The van der Waals surface area contributed by atoms with Crippen molar-refractivity contribution in [1.82, 2.24) is 9.97 Å². The third-order valence-corrected chi connectivity index (χ3v) is 3.61. The Labute approximate surface area is 118 Å². The second-order valence-corrected chi connectivity index (χ2v) is 5.18. The summed E-state index contributed by atoms with van der Waals surface area (Å²) in [6.45, 7) is 6.06. The quantitative estimate of drug-likeness (QED) is 0.726. The van der Waals surface area contributed by atoms with E-state index in [1.54, 1.807) is 0 Å². The molecule has 0 aliphatic rings. The van der Waals surface area contributed by atoms with Gasteiger partial charge in [-0.2, -0.15) is 0 Å². The van der Waals surface area contributed by atoms with Crippen LogP contribution in [0.3, 0.4) is 0 Å². The monoisotopic (exact) mass is 263 g/mol. The molecule has 100 valence electrons. The highest BCUT2D eigenvalue weighted by Gasteiger charge is 2.13. The van der Waals surface area contributed by atoms with Crippen LogP contribution in [0, 0.1) is 20.8 Å². The molecule has 0 fully saturated rings. The van der Waals surface area contributed by atoms with Crippen LogP contribution in [0.1, 0.15) is 16.8 Å². The number of nitrogens with zero attached hydrogens (tertiary/aromatic N) is 2. The maximum Gasteiger partial charge on any atom is 0.0755 e. The Balaban J connectivity index is 2.34. The van der Waals surface area contributed by atoms with Gasteiger partial charge in [0.25, 0.3) is 0 Å². The van der Waals surface area contributed by atoms with Gasteiger partial charge < -0.3 is 5.73 Å². The van der Waals surface area contributed by atoms with Gasteiger partial charge in [0.1, 0.15) is 0 Å². The minimum Gasteiger partial charge on any atom is -0.398 e. The van der Waals surface area contributed by atoms with E-state index >= 15 is 0 Å². The minimum atomic E-state index is 0.757. The highest BCUT2D eigenvalue weighted by Crippen LogP contribution is 2.33. The number of para-hydroxylation sites is 1. The number of anilines is 1. The zero-order valence-electron chi connectivity index (χ0n) is 11.9. The maximum absolute atomic E-state index is 6.38. The molecule has 2 N–H and O–H groups in total. The molecule has 2 aromatic heterocycles. The average Bonchev–Trinajstić information content (AvgIpc) is 2.42. The van der Waals surface area contributed by atoms with Crippen molar-refractivity contribution in [3.63, 3.8) is 0 Å². The second-order valence-electron chi connectivity index (χ2n) is 5.18. The molecule has 3 nitrogen and oxygen atoms in total. The number of rotatable bonds is 1. The topological polar surface area (TPSA) is 51.8 Å². The van der Waals surface area contributed by atoms with Crippen molar-refractivity contribution in [1.29, 1.82) is 0 Å². The standard InChI is InChI=1S/C17H17N3/c1-10-7-8-14(19-9-10)15-12(3)20-17-11(2)5-4-6-13(17)16(15)18/h4-9H,1-3H3,(H2,18,20). The molecule has 1 aromatic carbocycles. The molecule has 0 aliphatic heterocycles. The Hall–Kier alpha value is -2.42. The number of benzene rings is 1. The van der Waals surface area contributed by atoms with E-state index in [0.717, 1.165) is 44.7 Å². The van der Waals surface area contributed by atoms with E-state index in [0.29, 0.717) is 0 Å². The van der Waals surface area contributed by atoms with Crippen molar-refractivity contribution >= 4 is 16.6 Å². The van der Waals surface area contributed by atoms with Crippen molar-refractivity contribution in [2.45, 2.75) is 20.8 Å². The van der Waals surface area contributed by atoms with Crippen LogP contribution < -0.4 is 5.73 Å². The molecule has 0 unspecified atom stereocenters. The van der Waals surface area contributed by atoms with Gasteiger partial charge in [0.05, 0.1) is 16.9 Å². The van der Waals surface area contributed by atoms with Crippen LogP contribution in [0.4, 0.5) is 5.69 Å². The second kappa shape index (κ2) is 4.60. The number of nitrogen functional groups attached to an aromatic ring is 1. The summed E-state index contributed by atoms with van der Waals surface area (Å²) < 4.78 is 0. The van der Waals surface area contributed by atoms with Gasteiger partial charge in [-0.05, 0) is 38.0 Å². The van der Waals surface area contributed by atoms with Crippen LogP contribution in [0.2, 0.25) is 0 Å².